The number of rotatable bonds is 53. The topological polar surface area (TPSA) is 155 Å². The van der Waals surface area contributed by atoms with Crippen LogP contribution in [0.1, 0.15) is 278 Å². The number of phosphoric acid groups is 1. The quantitative estimate of drug-likeness (QED) is 0.0197. The van der Waals surface area contributed by atoms with Crippen molar-refractivity contribution in [3.8, 4) is 0 Å². The predicted octanol–water partition coefficient (Wildman–Crippen LogP) is 16.3. The first kappa shape index (κ1) is 66.0. The van der Waals surface area contributed by atoms with Crippen LogP contribution in [0.4, 0.5) is 0 Å². The molecular formula is C56H105O11P. The zero-order valence-corrected chi connectivity index (χ0v) is 45.0. The molecule has 0 amide bonds. The summed E-state index contributed by atoms with van der Waals surface area (Å²) in [5.41, 5.74) is 0. The SMILES string of the molecule is CCCCC/C=C\C/C=C\CCCCCCCCCCCC(=O)OC(COC(=O)CCCCCCCCCCCCCCC)COP(=O)(O)OCC(CO)OC(=O)CCCCCCCCCCC. The number of esters is 3. The van der Waals surface area contributed by atoms with Crippen LogP contribution >= 0.6 is 7.82 Å². The molecule has 11 nitrogen and oxygen atoms in total. The Hall–Kier alpha value is -2.04. The monoisotopic (exact) mass is 985 g/mol. The molecule has 12 heteroatoms. The van der Waals surface area contributed by atoms with Crippen molar-refractivity contribution in [3.63, 3.8) is 0 Å². The van der Waals surface area contributed by atoms with E-state index in [-0.39, 0.29) is 25.9 Å². The molecule has 0 saturated heterocycles. The number of hydrogen-bond acceptors (Lipinski definition) is 10. The van der Waals surface area contributed by atoms with Crippen LogP contribution in [0.3, 0.4) is 0 Å². The van der Waals surface area contributed by atoms with Crippen LogP contribution in [0, 0.1) is 0 Å². The van der Waals surface area contributed by atoms with E-state index in [0.717, 1.165) is 70.6 Å². The average Bonchev–Trinajstić information content (AvgIpc) is 3.32. The smallest absolute Gasteiger partial charge is 0.462 e. The van der Waals surface area contributed by atoms with Crippen LogP contribution in [0.2, 0.25) is 0 Å². The Bertz CT molecular complexity index is 1240. The van der Waals surface area contributed by atoms with E-state index < -0.39 is 57.8 Å². The zero-order valence-electron chi connectivity index (χ0n) is 44.1. The number of unbranched alkanes of at least 4 members (excludes halogenated alkanes) is 32. The van der Waals surface area contributed by atoms with E-state index in [9.17, 15) is 28.9 Å². The lowest BCUT2D eigenvalue weighted by Crippen LogP contribution is -2.30. The Kier molecular flexibility index (Phi) is 49.8. The van der Waals surface area contributed by atoms with Crippen molar-refractivity contribution in [2.45, 2.75) is 290 Å². The van der Waals surface area contributed by atoms with Crippen molar-refractivity contribution < 1.29 is 52.2 Å². The number of aliphatic hydroxyl groups is 1. The summed E-state index contributed by atoms with van der Waals surface area (Å²) in [7, 11) is -4.73. The second kappa shape index (κ2) is 51.3. The third-order valence-corrected chi connectivity index (χ3v) is 13.3. The van der Waals surface area contributed by atoms with Crippen LogP contribution in [0.15, 0.2) is 24.3 Å². The fourth-order valence-electron chi connectivity index (χ4n) is 8.03. The van der Waals surface area contributed by atoms with Gasteiger partial charge in [-0.3, -0.25) is 23.4 Å². The van der Waals surface area contributed by atoms with Gasteiger partial charge in [0.25, 0.3) is 0 Å². The van der Waals surface area contributed by atoms with Gasteiger partial charge < -0.3 is 24.2 Å². The maximum atomic E-state index is 12.9. The van der Waals surface area contributed by atoms with Crippen LogP contribution in [0.25, 0.3) is 0 Å². The molecule has 0 aliphatic carbocycles. The number of phosphoric ester groups is 1. The third kappa shape index (κ3) is 49.0. The van der Waals surface area contributed by atoms with E-state index in [4.69, 9.17) is 23.3 Å². The Morgan fingerprint density at radius 3 is 1.12 bits per heavy atom. The van der Waals surface area contributed by atoms with E-state index in [0.29, 0.717) is 19.3 Å². The Balaban J connectivity index is 4.68. The maximum Gasteiger partial charge on any atom is 0.472 e. The third-order valence-electron chi connectivity index (χ3n) is 12.4. The van der Waals surface area contributed by atoms with E-state index in [1.165, 1.54) is 148 Å². The number of allylic oxidation sites excluding steroid dienone is 4. The first-order valence-corrected chi connectivity index (χ1v) is 29.7. The molecule has 400 valence electrons. The number of carbonyl (C=O) groups excluding carboxylic acids is 3. The first-order valence-electron chi connectivity index (χ1n) is 28.2. The summed E-state index contributed by atoms with van der Waals surface area (Å²) < 4.78 is 39.4. The first-order chi connectivity index (χ1) is 33.2. The highest BCUT2D eigenvalue weighted by atomic mass is 31.2. The van der Waals surface area contributed by atoms with Gasteiger partial charge in [0.2, 0.25) is 0 Å². The molecule has 3 unspecified atom stereocenters. The molecule has 0 bridgehead atoms. The van der Waals surface area contributed by atoms with E-state index in [1.807, 2.05) is 0 Å². The highest BCUT2D eigenvalue weighted by Crippen LogP contribution is 2.43. The number of aliphatic hydroxyl groups excluding tert-OH is 1. The Labute approximate surface area is 417 Å². The largest absolute Gasteiger partial charge is 0.472 e. The van der Waals surface area contributed by atoms with Crippen LogP contribution in [-0.4, -0.2) is 66.5 Å². The van der Waals surface area contributed by atoms with Gasteiger partial charge in [-0.2, -0.15) is 0 Å². The molecule has 0 heterocycles. The molecule has 0 aromatic heterocycles. The van der Waals surface area contributed by atoms with Gasteiger partial charge in [-0.05, 0) is 51.4 Å². The van der Waals surface area contributed by atoms with Gasteiger partial charge in [0.1, 0.15) is 12.7 Å². The Morgan fingerprint density at radius 1 is 0.412 bits per heavy atom. The summed E-state index contributed by atoms with van der Waals surface area (Å²) in [6.07, 6.45) is 50.0. The molecule has 3 atom stereocenters. The summed E-state index contributed by atoms with van der Waals surface area (Å²) in [5.74, 6) is -1.45. The molecule has 0 aliphatic rings. The van der Waals surface area contributed by atoms with Gasteiger partial charge in [0, 0.05) is 19.3 Å². The van der Waals surface area contributed by atoms with Crippen molar-refractivity contribution >= 4 is 25.7 Å². The van der Waals surface area contributed by atoms with Crippen molar-refractivity contribution in [3.05, 3.63) is 24.3 Å². The second-order valence-corrected chi connectivity index (χ2v) is 20.6. The summed E-state index contributed by atoms with van der Waals surface area (Å²) in [6, 6.07) is 0. The van der Waals surface area contributed by atoms with Gasteiger partial charge >= 0.3 is 25.7 Å². The number of ether oxygens (including phenoxy) is 3. The number of hydrogen-bond donors (Lipinski definition) is 2. The van der Waals surface area contributed by atoms with Gasteiger partial charge in [0.05, 0.1) is 19.8 Å². The molecule has 0 fully saturated rings. The minimum atomic E-state index is -4.73. The van der Waals surface area contributed by atoms with Gasteiger partial charge in [-0.1, -0.05) is 231 Å². The van der Waals surface area contributed by atoms with Crippen LogP contribution in [-0.2, 0) is 42.2 Å². The number of carbonyl (C=O) groups is 3. The summed E-state index contributed by atoms with van der Waals surface area (Å²) in [5, 5.41) is 9.76. The fraction of sp³-hybridized carbons (Fsp3) is 0.875. The molecule has 0 aliphatic heterocycles. The molecule has 0 radical (unpaired) electrons. The molecular weight excluding hydrogens is 880 g/mol. The molecule has 0 aromatic carbocycles. The van der Waals surface area contributed by atoms with Crippen molar-refractivity contribution in [2.75, 3.05) is 26.4 Å². The molecule has 0 saturated carbocycles. The highest BCUT2D eigenvalue weighted by Gasteiger charge is 2.28. The minimum Gasteiger partial charge on any atom is -0.462 e. The van der Waals surface area contributed by atoms with Gasteiger partial charge in [0.15, 0.2) is 6.10 Å². The molecule has 0 spiro atoms. The maximum absolute atomic E-state index is 12.9. The Morgan fingerprint density at radius 2 is 0.721 bits per heavy atom. The lowest BCUT2D eigenvalue weighted by Gasteiger charge is -2.21. The molecule has 68 heavy (non-hydrogen) atoms. The normalized spacial score (nSPS) is 13.5. The van der Waals surface area contributed by atoms with Gasteiger partial charge in [-0.15, -0.1) is 0 Å². The standard InChI is InChI=1S/C56H105O11P/c1-4-7-10-13-16-19-21-23-24-25-26-27-28-30-32-35-38-41-44-47-56(60)67-53(49-63-54(58)45-42-39-36-34-31-29-22-20-17-14-11-8-5-2)51-65-68(61,62)64-50-52(48-57)66-55(59)46-43-40-37-33-18-15-12-9-6-3/h16,19,23-24,52-53,57H,4-15,17-18,20-22,25-51H2,1-3H3,(H,61,62)/b19-16-,24-23-. The molecule has 2 N–H and O–H groups in total. The van der Waals surface area contributed by atoms with Crippen molar-refractivity contribution in [2.24, 2.45) is 0 Å². The van der Waals surface area contributed by atoms with Crippen molar-refractivity contribution in [1.29, 1.82) is 0 Å². The van der Waals surface area contributed by atoms with Crippen molar-refractivity contribution in [1.82, 2.24) is 0 Å². The predicted molar refractivity (Wildman–Crippen MR) is 280 cm³/mol. The summed E-state index contributed by atoms with van der Waals surface area (Å²) in [6.45, 7) is 4.62. The summed E-state index contributed by atoms with van der Waals surface area (Å²) >= 11 is 0. The zero-order chi connectivity index (χ0) is 49.9. The molecule has 0 rings (SSSR count). The summed E-state index contributed by atoms with van der Waals surface area (Å²) in [4.78, 5) is 48.4. The second-order valence-electron chi connectivity index (χ2n) is 19.1. The van der Waals surface area contributed by atoms with E-state index in [2.05, 4.69) is 45.1 Å². The lowest BCUT2D eigenvalue weighted by molar-refractivity contribution is -0.161. The minimum absolute atomic E-state index is 0.168. The van der Waals surface area contributed by atoms with Crippen LogP contribution in [0.5, 0.6) is 0 Å². The van der Waals surface area contributed by atoms with Crippen LogP contribution < -0.4 is 0 Å². The van der Waals surface area contributed by atoms with E-state index in [1.54, 1.807) is 0 Å². The van der Waals surface area contributed by atoms with E-state index >= 15 is 0 Å². The highest BCUT2D eigenvalue weighted by molar-refractivity contribution is 7.47. The lowest BCUT2D eigenvalue weighted by atomic mass is 10.0. The fourth-order valence-corrected chi connectivity index (χ4v) is 8.82. The van der Waals surface area contributed by atoms with Gasteiger partial charge in [-0.25, -0.2) is 4.57 Å². The molecule has 0 aromatic rings. The average molecular weight is 985 g/mol.